The average molecular weight is 380 g/mol. The Bertz CT molecular complexity index is 1060. The van der Waals surface area contributed by atoms with E-state index < -0.39 is 5.91 Å². The van der Waals surface area contributed by atoms with Crippen molar-refractivity contribution in [2.24, 2.45) is 0 Å². The van der Waals surface area contributed by atoms with E-state index in [4.69, 9.17) is 9.47 Å². The highest BCUT2D eigenvalue weighted by molar-refractivity contribution is 6.09. The lowest BCUT2D eigenvalue weighted by molar-refractivity contribution is 0.0940. The maximum absolute atomic E-state index is 12.9. The van der Waals surface area contributed by atoms with E-state index in [-0.39, 0.29) is 23.5 Å². The molecule has 1 fully saturated rings. The lowest BCUT2D eigenvalue weighted by Crippen LogP contribution is -2.27. The quantitative estimate of drug-likeness (QED) is 0.685. The number of aromatic nitrogens is 2. The zero-order valence-corrected chi connectivity index (χ0v) is 15.6. The van der Waals surface area contributed by atoms with Crippen LogP contribution in [0, 0.1) is 0 Å². The molecule has 8 nitrogen and oxygen atoms in total. The minimum absolute atomic E-state index is 0.166. The first-order valence-electron chi connectivity index (χ1n) is 8.92. The van der Waals surface area contributed by atoms with Crippen LogP contribution in [-0.2, 0) is 0 Å². The van der Waals surface area contributed by atoms with Crippen LogP contribution in [0.25, 0.3) is 5.52 Å². The number of amides is 2. The van der Waals surface area contributed by atoms with Crippen molar-refractivity contribution in [3.8, 4) is 11.5 Å². The molecule has 0 bridgehead atoms. The van der Waals surface area contributed by atoms with Crippen LogP contribution in [0.15, 0.2) is 42.6 Å². The molecular formula is C20H20N4O4. The number of ether oxygens (including phenoxy) is 2. The number of nitrogens with one attached hydrogen (secondary N) is 2. The molecule has 0 radical (unpaired) electrons. The minimum atomic E-state index is -0.433. The van der Waals surface area contributed by atoms with Crippen molar-refractivity contribution in [3.05, 3.63) is 54.1 Å². The largest absolute Gasteiger partial charge is 0.497 e. The molecule has 2 aromatic heterocycles. The van der Waals surface area contributed by atoms with Crippen molar-refractivity contribution in [2.45, 2.75) is 18.9 Å². The lowest BCUT2D eigenvalue weighted by Gasteiger charge is -2.11. The average Bonchev–Trinajstić information content (AvgIpc) is 3.44. The maximum atomic E-state index is 12.9. The molecule has 1 aliphatic rings. The van der Waals surface area contributed by atoms with Crippen LogP contribution >= 0.6 is 0 Å². The van der Waals surface area contributed by atoms with E-state index in [0.717, 1.165) is 12.8 Å². The van der Waals surface area contributed by atoms with Crippen molar-refractivity contribution in [3.63, 3.8) is 0 Å². The topological polar surface area (TPSA) is 94.0 Å². The fraction of sp³-hybridized carbons (Fsp3) is 0.250. The second-order valence-electron chi connectivity index (χ2n) is 6.51. The molecule has 2 heterocycles. The van der Waals surface area contributed by atoms with Crippen LogP contribution in [0.2, 0.25) is 0 Å². The first-order chi connectivity index (χ1) is 13.6. The molecule has 0 unspecified atom stereocenters. The van der Waals surface area contributed by atoms with E-state index in [1.165, 1.54) is 7.11 Å². The second-order valence-corrected chi connectivity index (χ2v) is 6.51. The summed E-state index contributed by atoms with van der Waals surface area (Å²) in [4.78, 5) is 29.8. The van der Waals surface area contributed by atoms with Gasteiger partial charge in [0.2, 0.25) is 5.82 Å². The van der Waals surface area contributed by atoms with Gasteiger partial charge in [-0.3, -0.25) is 14.0 Å². The molecular weight excluding hydrogens is 360 g/mol. The van der Waals surface area contributed by atoms with Gasteiger partial charge < -0.3 is 20.1 Å². The Morgan fingerprint density at radius 1 is 1.11 bits per heavy atom. The molecule has 1 aromatic carbocycles. The molecule has 0 aliphatic heterocycles. The number of benzene rings is 1. The number of methoxy groups -OCH3 is 2. The fourth-order valence-electron chi connectivity index (χ4n) is 2.93. The number of hydrogen-bond acceptors (Lipinski definition) is 5. The molecule has 1 aliphatic carbocycles. The Balaban J connectivity index is 1.67. The molecule has 1 saturated carbocycles. The van der Waals surface area contributed by atoms with Gasteiger partial charge in [-0.2, -0.15) is 0 Å². The van der Waals surface area contributed by atoms with Gasteiger partial charge in [-0.1, -0.05) is 6.07 Å². The van der Waals surface area contributed by atoms with E-state index >= 15 is 0 Å². The van der Waals surface area contributed by atoms with E-state index in [0.29, 0.717) is 22.7 Å². The van der Waals surface area contributed by atoms with Crippen LogP contribution in [0.1, 0.15) is 33.9 Å². The lowest BCUT2D eigenvalue weighted by atomic mass is 10.2. The summed E-state index contributed by atoms with van der Waals surface area (Å²) in [7, 11) is 3.06. The summed E-state index contributed by atoms with van der Waals surface area (Å²) in [5.41, 5.74) is 1.20. The summed E-state index contributed by atoms with van der Waals surface area (Å²) in [6.07, 6.45) is 3.66. The third kappa shape index (κ3) is 3.36. The first kappa shape index (κ1) is 17.8. The second kappa shape index (κ2) is 7.22. The van der Waals surface area contributed by atoms with Gasteiger partial charge in [0.1, 0.15) is 11.5 Å². The van der Waals surface area contributed by atoms with E-state index in [1.807, 2.05) is 0 Å². The monoisotopic (exact) mass is 380 g/mol. The summed E-state index contributed by atoms with van der Waals surface area (Å²) in [6, 6.07) is 10.6. The summed E-state index contributed by atoms with van der Waals surface area (Å²) in [5.74, 6) is 0.543. The molecule has 8 heteroatoms. The molecule has 4 rings (SSSR count). The van der Waals surface area contributed by atoms with Gasteiger partial charge in [0.25, 0.3) is 11.8 Å². The van der Waals surface area contributed by atoms with Crippen LogP contribution in [0.3, 0.4) is 0 Å². The molecule has 2 N–H and O–H groups in total. The van der Waals surface area contributed by atoms with Gasteiger partial charge in [0, 0.05) is 18.3 Å². The molecule has 144 valence electrons. The number of anilines is 1. The van der Waals surface area contributed by atoms with Crippen LogP contribution in [0.4, 0.5) is 5.69 Å². The highest BCUT2D eigenvalue weighted by Gasteiger charge is 2.27. The number of pyridine rings is 1. The number of fused-ring (bicyclic) bond motifs is 1. The van der Waals surface area contributed by atoms with Gasteiger partial charge >= 0.3 is 0 Å². The van der Waals surface area contributed by atoms with Gasteiger partial charge in [-0.05, 0) is 37.1 Å². The van der Waals surface area contributed by atoms with Gasteiger partial charge in [-0.25, -0.2) is 4.98 Å². The number of carbonyl (C=O) groups excluding carboxylic acids is 2. The number of hydrogen-bond donors (Lipinski definition) is 2. The first-order valence-corrected chi connectivity index (χ1v) is 8.92. The van der Waals surface area contributed by atoms with Crippen molar-refractivity contribution in [2.75, 3.05) is 19.5 Å². The Morgan fingerprint density at radius 3 is 2.64 bits per heavy atom. The van der Waals surface area contributed by atoms with Crippen molar-refractivity contribution in [1.82, 2.24) is 14.7 Å². The summed E-state index contributed by atoms with van der Waals surface area (Å²) >= 11 is 0. The van der Waals surface area contributed by atoms with Crippen LogP contribution < -0.4 is 20.1 Å². The van der Waals surface area contributed by atoms with Gasteiger partial charge in [-0.15, -0.1) is 0 Å². The standard InChI is InChI=1S/C20H20N4O4/c1-27-13-8-9-14(16(11-13)28-2)22-19(25)17-15-5-3-4-10-24(15)18(23-17)20(26)21-12-6-7-12/h3-5,8-12H,6-7H2,1-2H3,(H,21,26)(H,22,25). The summed E-state index contributed by atoms with van der Waals surface area (Å²) in [6.45, 7) is 0. The molecule has 0 spiro atoms. The molecule has 28 heavy (non-hydrogen) atoms. The van der Waals surface area contributed by atoms with Crippen LogP contribution in [0.5, 0.6) is 11.5 Å². The van der Waals surface area contributed by atoms with E-state index in [9.17, 15) is 9.59 Å². The maximum Gasteiger partial charge on any atom is 0.287 e. The summed E-state index contributed by atoms with van der Waals surface area (Å²) < 4.78 is 12.1. The van der Waals surface area contributed by atoms with E-state index in [2.05, 4.69) is 15.6 Å². The van der Waals surface area contributed by atoms with Crippen molar-refractivity contribution >= 4 is 23.0 Å². The van der Waals surface area contributed by atoms with Crippen molar-refractivity contribution in [1.29, 1.82) is 0 Å². The summed E-state index contributed by atoms with van der Waals surface area (Å²) in [5, 5.41) is 5.71. The van der Waals surface area contributed by atoms with E-state index in [1.54, 1.807) is 54.1 Å². The highest BCUT2D eigenvalue weighted by Crippen LogP contribution is 2.29. The number of nitrogens with zero attached hydrogens (tertiary/aromatic N) is 2. The molecule has 0 atom stereocenters. The Morgan fingerprint density at radius 2 is 1.93 bits per heavy atom. The Hall–Kier alpha value is -3.55. The van der Waals surface area contributed by atoms with Crippen molar-refractivity contribution < 1.29 is 19.1 Å². The highest BCUT2D eigenvalue weighted by atomic mass is 16.5. The van der Waals surface area contributed by atoms with Crippen LogP contribution in [-0.4, -0.2) is 41.5 Å². The van der Waals surface area contributed by atoms with Gasteiger partial charge in [0.05, 0.1) is 25.4 Å². The molecule has 2 amide bonds. The zero-order valence-electron chi connectivity index (χ0n) is 15.6. The Kier molecular flexibility index (Phi) is 4.60. The number of rotatable bonds is 6. The molecule has 3 aromatic rings. The fourth-order valence-corrected chi connectivity index (χ4v) is 2.93. The van der Waals surface area contributed by atoms with Gasteiger partial charge in [0.15, 0.2) is 5.69 Å². The molecule has 0 saturated heterocycles. The predicted molar refractivity (Wildman–Crippen MR) is 103 cm³/mol. The number of carbonyl (C=O) groups is 2. The zero-order chi connectivity index (χ0) is 19.7. The third-order valence-corrected chi connectivity index (χ3v) is 4.54. The smallest absolute Gasteiger partial charge is 0.287 e. The minimum Gasteiger partial charge on any atom is -0.497 e. The normalized spacial score (nSPS) is 13.2. The SMILES string of the molecule is COc1ccc(NC(=O)c2nc(C(=O)NC3CC3)n3ccccc23)c(OC)c1. The Labute approximate surface area is 161 Å². The third-order valence-electron chi connectivity index (χ3n) is 4.54. The number of imidazole rings is 1. The predicted octanol–water partition coefficient (Wildman–Crippen LogP) is 2.50.